The predicted octanol–water partition coefficient (Wildman–Crippen LogP) is 0.538. The normalized spacial score (nSPS) is 22.4. The number of nitrogens with zero attached hydrogens (tertiary/aromatic N) is 3. The highest BCUT2D eigenvalue weighted by Crippen LogP contribution is 2.16. The van der Waals surface area contributed by atoms with E-state index in [-0.39, 0.29) is 6.23 Å². The molecular weight excluding hydrogens is 206 g/mol. The zero-order valence-electron chi connectivity index (χ0n) is 9.59. The Balaban J connectivity index is 2.05. The third kappa shape index (κ3) is 2.32. The van der Waals surface area contributed by atoms with Gasteiger partial charge in [0, 0.05) is 32.5 Å². The summed E-state index contributed by atoms with van der Waals surface area (Å²) in [7, 11) is 3.34. The van der Waals surface area contributed by atoms with Crippen LogP contribution in [0.4, 0.5) is 5.82 Å². The highest BCUT2D eigenvalue weighted by Gasteiger charge is 2.27. The van der Waals surface area contributed by atoms with Crippen molar-refractivity contribution in [1.82, 2.24) is 10.0 Å². The minimum absolute atomic E-state index is 0.0610. The maximum Gasteiger partial charge on any atom is 0.150 e. The Morgan fingerprint density at radius 2 is 2.31 bits per heavy atom. The summed E-state index contributed by atoms with van der Waals surface area (Å²) in [6, 6.07) is 6.85. The highest BCUT2D eigenvalue weighted by atomic mass is 16.7. The van der Waals surface area contributed by atoms with Crippen LogP contribution < -0.4 is 4.90 Å². The van der Waals surface area contributed by atoms with Crippen molar-refractivity contribution in [2.75, 3.05) is 38.8 Å². The van der Waals surface area contributed by atoms with E-state index in [9.17, 15) is 0 Å². The number of ether oxygens (including phenoxy) is 1. The van der Waals surface area contributed by atoms with Gasteiger partial charge in [-0.2, -0.15) is 5.06 Å². The zero-order valence-corrected chi connectivity index (χ0v) is 9.59. The standard InChI is InChI=1S/C11H16N3O2/c1-15-11-9-13(7-8-14(11)16-2)10-5-3-4-6-12-10/h3-4,6,11H,7-9H2,1-2H3. The molecule has 1 aliphatic rings. The number of piperazine rings is 1. The van der Waals surface area contributed by atoms with Gasteiger partial charge in [-0.05, 0) is 12.1 Å². The molecular formula is C11H16N3O2. The average molecular weight is 222 g/mol. The molecule has 1 atom stereocenters. The van der Waals surface area contributed by atoms with E-state index in [0.717, 1.165) is 25.5 Å². The van der Waals surface area contributed by atoms with E-state index >= 15 is 0 Å². The van der Waals surface area contributed by atoms with Crippen molar-refractivity contribution in [3.63, 3.8) is 0 Å². The Kier molecular flexibility index (Phi) is 3.71. The Morgan fingerprint density at radius 1 is 1.44 bits per heavy atom. The van der Waals surface area contributed by atoms with Crippen LogP contribution in [0.2, 0.25) is 0 Å². The molecule has 1 unspecified atom stereocenters. The summed E-state index contributed by atoms with van der Waals surface area (Å²) in [6.07, 6.45) is 1.71. The van der Waals surface area contributed by atoms with Gasteiger partial charge in [0.15, 0.2) is 0 Å². The number of pyridine rings is 1. The van der Waals surface area contributed by atoms with Gasteiger partial charge < -0.3 is 9.64 Å². The molecule has 0 bridgehead atoms. The van der Waals surface area contributed by atoms with Gasteiger partial charge >= 0.3 is 0 Å². The van der Waals surface area contributed by atoms with E-state index in [4.69, 9.17) is 9.57 Å². The molecule has 2 rings (SSSR count). The predicted molar refractivity (Wildman–Crippen MR) is 59.8 cm³/mol. The van der Waals surface area contributed by atoms with Gasteiger partial charge in [-0.15, -0.1) is 0 Å². The first-order valence-corrected chi connectivity index (χ1v) is 5.26. The first-order valence-electron chi connectivity index (χ1n) is 5.26. The lowest BCUT2D eigenvalue weighted by atomic mass is 10.3. The summed E-state index contributed by atoms with van der Waals surface area (Å²) in [5, 5.41) is 1.83. The molecule has 5 heteroatoms. The molecule has 2 heterocycles. The average Bonchev–Trinajstić information content (AvgIpc) is 2.39. The van der Waals surface area contributed by atoms with Crippen molar-refractivity contribution >= 4 is 5.82 Å². The Hall–Kier alpha value is -1.17. The van der Waals surface area contributed by atoms with Gasteiger partial charge in [-0.3, -0.25) is 4.84 Å². The second kappa shape index (κ2) is 5.25. The number of hydrogen-bond acceptors (Lipinski definition) is 5. The molecule has 1 radical (unpaired) electrons. The van der Waals surface area contributed by atoms with E-state index < -0.39 is 0 Å². The van der Waals surface area contributed by atoms with Crippen molar-refractivity contribution in [2.24, 2.45) is 0 Å². The number of hydroxylamine groups is 2. The maximum atomic E-state index is 5.36. The maximum absolute atomic E-state index is 5.36. The molecule has 87 valence electrons. The number of hydrogen-bond donors (Lipinski definition) is 0. The van der Waals surface area contributed by atoms with E-state index in [1.165, 1.54) is 0 Å². The summed E-state index contributed by atoms with van der Waals surface area (Å²) < 4.78 is 5.36. The molecule has 0 N–H and O–H groups in total. The Bertz CT molecular complexity index is 320. The lowest BCUT2D eigenvalue weighted by Crippen LogP contribution is -2.53. The topological polar surface area (TPSA) is 37.8 Å². The second-order valence-corrected chi connectivity index (χ2v) is 3.56. The zero-order chi connectivity index (χ0) is 11.4. The molecule has 1 aliphatic heterocycles. The SMILES string of the molecule is COC1CN(c2[c]cccn2)CCN1OC. The van der Waals surface area contributed by atoms with Crippen molar-refractivity contribution in [3.05, 3.63) is 24.4 Å². The number of methoxy groups -OCH3 is 1. The Labute approximate surface area is 95.5 Å². The van der Waals surface area contributed by atoms with Crippen LogP contribution in [0.15, 0.2) is 18.3 Å². The summed E-state index contributed by atoms with van der Waals surface area (Å²) in [5.41, 5.74) is 0. The fraction of sp³-hybridized carbons (Fsp3) is 0.545. The van der Waals surface area contributed by atoms with Gasteiger partial charge in [-0.25, -0.2) is 4.98 Å². The van der Waals surface area contributed by atoms with Gasteiger partial charge in [0.25, 0.3) is 0 Å². The van der Waals surface area contributed by atoms with Crippen LogP contribution in [0.3, 0.4) is 0 Å². The van der Waals surface area contributed by atoms with Crippen molar-refractivity contribution in [2.45, 2.75) is 6.23 Å². The lowest BCUT2D eigenvalue weighted by Gasteiger charge is -2.39. The van der Waals surface area contributed by atoms with Crippen LogP contribution in [0.5, 0.6) is 0 Å². The molecule has 0 spiro atoms. The number of anilines is 1. The minimum Gasteiger partial charge on any atom is -0.362 e. The van der Waals surface area contributed by atoms with Crippen molar-refractivity contribution in [1.29, 1.82) is 0 Å². The summed E-state index contributed by atoms with van der Waals surface area (Å²) in [4.78, 5) is 11.6. The third-order valence-electron chi connectivity index (χ3n) is 2.69. The van der Waals surface area contributed by atoms with Crippen LogP contribution in [-0.2, 0) is 9.57 Å². The van der Waals surface area contributed by atoms with Crippen LogP contribution in [-0.4, -0.2) is 50.1 Å². The monoisotopic (exact) mass is 222 g/mol. The molecule has 1 fully saturated rings. The number of aromatic nitrogens is 1. The molecule has 1 saturated heterocycles. The lowest BCUT2D eigenvalue weighted by molar-refractivity contribution is -0.232. The van der Waals surface area contributed by atoms with Crippen LogP contribution in [0.25, 0.3) is 0 Å². The molecule has 0 saturated carbocycles. The molecule has 0 aromatic carbocycles. The van der Waals surface area contributed by atoms with E-state index in [0.29, 0.717) is 0 Å². The van der Waals surface area contributed by atoms with Gasteiger partial charge in [-0.1, -0.05) is 0 Å². The van der Waals surface area contributed by atoms with Crippen molar-refractivity contribution < 1.29 is 9.57 Å². The molecule has 1 aromatic heterocycles. The molecule has 0 aliphatic carbocycles. The quantitative estimate of drug-likeness (QED) is 0.746. The Morgan fingerprint density at radius 3 is 2.94 bits per heavy atom. The summed E-state index contributed by atoms with van der Waals surface area (Å²) in [6.45, 7) is 2.39. The summed E-state index contributed by atoms with van der Waals surface area (Å²) in [5.74, 6) is 0.861. The summed E-state index contributed by atoms with van der Waals surface area (Å²) >= 11 is 0. The highest BCUT2D eigenvalue weighted by molar-refractivity contribution is 5.37. The second-order valence-electron chi connectivity index (χ2n) is 3.56. The smallest absolute Gasteiger partial charge is 0.150 e. The van der Waals surface area contributed by atoms with Gasteiger partial charge in [0.05, 0.1) is 13.7 Å². The largest absolute Gasteiger partial charge is 0.362 e. The fourth-order valence-corrected chi connectivity index (χ4v) is 1.82. The van der Waals surface area contributed by atoms with E-state index in [1.807, 2.05) is 17.2 Å². The molecule has 16 heavy (non-hydrogen) atoms. The van der Waals surface area contributed by atoms with Gasteiger partial charge in [0.1, 0.15) is 12.0 Å². The van der Waals surface area contributed by atoms with Crippen LogP contribution in [0, 0.1) is 6.07 Å². The molecule has 0 amide bonds. The molecule has 1 aromatic rings. The van der Waals surface area contributed by atoms with Crippen molar-refractivity contribution in [3.8, 4) is 0 Å². The van der Waals surface area contributed by atoms with E-state index in [1.54, 1.807) is 20.4 Å². The number of rotatable bonds is 3. The van der Waals surface area contributed by atoms with E-state index in [2.05, 4.69) is 16.0 Å². The fourth-order valence-electron chi connectivity index (χ4n) is 1.82. The first-order chi connectivity index (χ1) is 7.85. The minimum atomic E-state index is -0.0610. The first kappa shape index (κ1) is 11.3. The van der Waals surface area contributed by atoms with Crippen LogP contribution in [0.1, 0.15) is 0 Å². The van der Waals surface area contributed by atoms with Crippen LogP contribution >= 0.6 is 0 Å². The van der Waals surface area contributed by atoms with Gasteiger partial charge in [0.2, 0.25) is 0 Å². The molecule has 5 nitrogen and oxygen atoms in total. The third-order valence-corrected chi connectivity index (χ3v) is 2.69.